The minimum absolute atomic E-state index is 0.144. The van der Waals surface area contributed by atoms with Crippen molar-refractivity contribution < 1.29 is 31.8 Å². The van der Waals surface area contributed by atoms with E-state index in [1.807, 2.05) is 0 Å². The molecule has 2 aromatic rings. The number of hydrogen-bond acceptors (Lipinski definition) is 6. The summed E-state index contributed by atoms with van der Waals surface area (Å²) < 4.78 is 57.0. The average molecular weight is 438 g/mol. The molecule has 0 bridgehead atoms. The molecule has 2 aromatic carbocycles. The standard InChI is InChI=1S/C20H23FN2O6S/c1-22(14-4-7-18(27-2)19(12-14)28-3)20(24)16-13-15(5-6-17(16)21)30(25,26)23-8-10-29-11-9-23/h4-7,12-13H,8-11H2,1-3H3. The number of sulfonamides is 1. The van der Waals surface area contributed by atoms with Gasteiger partial charge in [0, 0.05) is 31.9 Å². The van der Waals surface area contributed by atoms with Gasteiger partial charge >= 0.3 is 0 Å². The van der Waals surface area contributed by atoms with Crippen LogP contribution in [0, 0.1) is 5.82 Å². The molecular weight excluding hydrogens is 415 g/mol. The molecule has 1 aliphatic heterocycles. The molecule has 0 unspecified atom stereocenters. The number of carbonyl (C=O) groups is 1. The summed E-state index contributed by atoms with van der Waals surface area (Å²) in [6.07, 6.45) is 0. The first kappa shape index (κ1) is 22.0. The maximum absolute atomic E-state index is 14.5. The van der Waals surface area contributed by atoms with Gasteiger partial charge in [-0.15, -0.1) is 0 Å². The number of methoxy groups -OCH3 is 2. The highest BCUT2D eigenvalue weighted by Crippen LogP contribution is 2.32. The number of nitrogens with zero attached hydrogens (tertiary/aromatic N) is 2. The van der Waals surface area contributed by atoms with Crippen LogP contribution >= 0.6 is 0 Å². The SMILES string of the molecule is COc1ccc(N(C)C(=O)c2cc(S(=O)(=O)N3CCOCC3)ccc2F)cc1OC. The lowest BCUT2D eigenvalue weighted by Crippen LogP contribution is -2.40. The molecule has 0 saturated carbocycles. The molecule has 0 atom stereocenters. The Hall–Kier alpha value is -2.69. The van der Waals surface area contributed by atoms with E-state index in [2.05, 4.69) is 0 Å². The Kier molecular flexibility index (Phi) is 6.59. The summed E-state index contributed by atoms with van der Waals surface area (Å²) >= 11 is 0. The van der Waals surface area contributed by atoms with Crippen molar-refractivity contribution in [2.75, 3.05) is 52.5 Å². The van der Waals surface area contributed by atoms with E-state index in [0.717, 1.165) is 18.2 Å². The van der Waals surface area contributed by atoms with Crippen LogP contribution in [0.4, 0.5) is 10.1 Å². The summed E-state index contributed by atoms with van der Waals surface area (Å²) in [5, 5.41) is 0. The zero-order valence-corrected chi connectivity index (χ0v) is 17.7. The predicted octanol–water partition coefficient (Wildman–Crippen LogP) is 2.14. The first-order chi connectivity index (χ1) is 14.3. The van der Waals surface area contributed by atoms with E-state index in [-0.39, 0.29) is 36.8 Å². The van der Waals surface area contributed by atoms with E-state index in [0.29, 0.717) is 17.2 Å². The topological polar surface area (TPSA) is 85.4 Å². The summed E-state index contributed by atoms with van der Waals surface area (Å²) in [7, 11) is 0.549. The van der Waals surface area contributed by atoms with Crippen LogP contribution in [0.15, 0.2) is 41.3 Å². The van der Waals surface area contributed by atoms with Crippen LogP contribution < -0.4 is 14.4 Å². The number of benzene rings is 2. The van der Waals surface area contributed by atoms with Crippen molar-refractivity contribution in [1.29, 1.82) is 0 Å². The quantitative estimate of drug-likeness (QED) is 0.687. The molecule has 1 fully saturated rings. The summed E-state index contributed by atoms with van der Waals surface area (Å²) in [5.74, 6) is -0.627. The van der Waals surface area contributed by atoms with Crippen LogP contribution in [0.25, 0.3) is 0 Å². The van der Waals surface area contributed by atoms with Crippen molar-refractivity contribution >= 4 is 21.6 Å². The van der Waals surface area contributed by atoms with Crippen LogP contribution in [0.1, 0.15) is 10.4 Å². The van der Waals surface area contributed by atoms with Gasteiger partial charge in [0.2, 0.25) is 10.0 Å². The van der Waals surface area contributed by atoms with Crippen LogP contribution in [-0.4, -0.2) is 66.2 Å². The minimum Gasteiger partial charge on any atom is -0.493 e. The number of anilines is 1. The molecular formula is C20H23FN2O6S. The molecule has 8 nitrogen and oxygen atoms in total. The zero-order chi connectivity index (χ0) is 21.9. The highest BCUT2D eigenvalue weighted by molar-refractivity contribution is 7.89. The highest BCUT2D eigenvalue weighted by atomic mass is 32.2. The lowest BCUT2D eigenvalue weighted by atomic mass is 10.1. The van der Waals surface area contributed by atoms with Gasteiger partial charge in [0.05, 0.1) is 37.9 Å². The molecule has 0 aromatic heterocycles. The maximum Gasteiger partial charge on any atom is 0.261 e. The fraction of sp³-hybridized carbons (Fsp3) is 0.350. The van der Waals surface area contributed by atoms with Gasteiger partial charge in [-0.2, -0.15) is 4.31 Å². The lowest BCUT2D eigenvalue weighted by Gasteiger charge is -2.26. The van der Waals surface area contributed by atoms with Gasteiger partial charge in [0.15, 0.2) is 11.5 Å². The molecule has 0 radical (unpaired) electrons. The number of carbonyl (C=O) groups excluding carboxylic acids is 1. The van der Waals surface area contributed by atoms with Crippen LogP contribution in [0.3, 0.4) is 0 Å². The molecule has 162 valence electrons. The Morgan fingerprint density at radius 3 is 2.37 bits per heavy atom. The van der Waals surface area contributed by atoms with Gasteiger partial charge in [-0.05, 0) is 30.3 Å². The van der Waals surface area contributed by atoms with E-state index in [1.54, 1.807) is 18.2 Å². The summed E-state index contributed by atoms with van der Waals surface area (Å²) in [5.41, 5.74) is 0.0834. The number of ether oxygens (including phenoxy) is 3. The largest absolute Gasteiger partial charge is 0.493 e. The Labute approximate surface area is 174 Å². The van der Waals surface area contributed by atoms with Crippen molar-refractivity contribution in [3.8, 4) is 11.5 Å². The molecule has 0 N–H and O–H groups in total. The number of amides is 1. The fourth-order valence-corrected chi connectivity index (χ4v) is 4.53. The summed E-state index contributed by atoms with van der Waals surface area (Å²) in [6.45, 7) is 0.978. The van der Waals surface area contributed by atoms with Gasteiger partial charge in [-0.3, -0.25) is 4.79 Å². The molecule has 10 heteroatoms. The van der Waals surface area contributed by atoms with Crippen molar-refractivity contribution in [2.45, 2.75) is 4.90 Å². The van der Waals surface area contributed by atoms with E-state index >= 15 is 0 Å². The Balaban J connectivity index is 1.93. The van der Waals surface area contributed by atoms with E-state index in [9.17, 15) is 17.6 Å². The third-order valence-electron chi connectivity index (χ3n) is 4.84. The Bertz CT molecular complexity index is 1040. The smallest absolute Gasteiger partial charge is 0.261 e. The summed E-state index contributed by atoms with van der Waals surface area (Å²) in [4.78, 5) is 14.0. The van der Waals surface area contributed by atoms with Gasteiger partial charge in [0.1, 0.15) is 5.82 Å². The minimum atomic E-state index is -3.87. The van der Waals surface area contributed by atoms with Crippen LogP contribution in [0.5, 0.6) is 11.5 Å². The molecule has 1 amide bonds. The molecule has 1 aliphatic rings. The van der Waals surface area contributed by atoms with E-state index < -0.39 is 21.7 Å². The second-order valence-electron chi connectivity index (χ2n) is 6.56. The Morgan fingerprint density at radius 2 is 1.73 bits per heavy atom. The first-order valence-corrected chi connectivity index (χ1v) is 10.6. The van der Waals surface area contributed by atoms with Gasteiger partial charge in [-0.25, -0.2) is 12.8 Å². The first-order valence-electron chi connectivity index (χ1n) is 9.17. The van der Waals surface area contributed by atoms with Crippen LogP contribution in [-0.2, 0) is 14.8 Å². The van der Waals surface area contributed by atoms with Crippen molar-refractivity contribution in [3.05, 3.63) is 47.8 Å². The second-order valence-corrected chi connectivity index (χ2v) is 8.50. The maximum atomic E-state index is 14.5. The van der Waals surface area contributed by atoms with E-state index in [4.69, 9.17) is 14.2 Å². The number of morpholine rings is 1. The van der Waals surface area contributed by atoms with Crippen molar-refractivity contribution in [1.82, 2.24) is 4.31 Å². The number of rotatable bonds is 6. The monoisotopic (exact) mass is 438 g/mol. The van der Waals surface area contributed by atoms with Gasteiger partial charge in [0.25, 0.3) is 5.91 Å². The van der Waals surface area contributed by atoms with Gasteiger partial charge < -0.3 is 19.1 Å². The van der Waals surface area contributed by atoms with Gasteiger partial charge in [-0.1, -0.05) is 0 Å². The third-order valence-corrected chi connectivity index (χ3v) is 6.73. The zero-order valence-electron chi connectivity index (χ0n) is 16.9. The second kappa shape index (κ2) is 8.99. The molecule has 30 heavy (non-hydrogen) atoms. The molecule has 3 rings (SSSR count). The number of halogens is 1. The highest BCUT2D eigenvalue weighted by Gasteiger charge is 2.28. The van der Waals surface area contributed by atoms with Crippen LogP contribution in [0.2, 0.25) is 0 Å². The Morgan fingerprint density at radius 1 is 1.07 bits per heavy atom. The third kappa shape index (κ3) is 4.25. The molecule has 1 saturated heterocycles. The van der Waals surface area contributed by atoms with Crippen molar-refractivity contribution in [3.63, 3.8) is 0 Å². The lowest BCUT2D eigenvalue weighted by molar-refractivity contribution is 0.0730. The molecule has 0 aliphatic carbocycles. The molecule has 0 spiro atoms. The fourth-order valence-electron chi connectivity index (χ4n) is 3.10. The molecule has 1 heterocycles. The average Bonchev–Trinajstić information content (AvgIpc) is 2.78. The van der Waals surface area contributed by atoms with Crippen molar-refractivity contribution in [2.24, 2.45) is 0 Å². The predicted molar refractivity (Wildman–Crippen MR) is 108 cm³/mol. The van der Waals surface area contributed by atoms with E-state index in [1.165, 1.54) is 30.5 Å². The number of hydrogen-bond donors (Lipinski definition) is 0. The normalized spacial score (nSPS) is 14.9. The summed E-state index contributed by atoms with van der Waals surface area (Å²) in [6, 6.07) is 8.03.